The highest BCUT2D eigenvalue weighted by Crippen LogP contribution is 2.61. The molecule has 1 amide bonds. The van der Waals surface area contributed by atoms with Gasteiger partial charge >= 0.3 is 0 Å². The minimum atomic E-state index is 0.0476. The Morgan fingerprint density at radius 1 is 1.24 bits per heavy atom. The number of thioether (sulfide) groups is 1. The number of rotatable bonds is 6. The van der Waals surface area contributed by atoms with Crippen molar-refractivity contribution in [1.29, 1.82) is 0 Å². The van der Waals surface area contributed by atoms with E-state index in [1.165, 1.54) is 38.5 Å². The van der Waals surface area contributed by atoms with Gasteiger partial charge in [0.2, 0.25) is 5.91 Å². The summed E-state index contributed by atoms with van der Waals surface area (Å²) in [5.41, 5.74) is 0.312. The molecule has 0 radical (unpaired) electrons. The lowest BCUT2D eigenvalue weighted by Crippen LogP contribution is -2.49. The van der Waals surface area contributed by atoms with E-state index < -0.39 is 0 Å². The van der Waals surface area contributed by atoms with Gasteiger partial charge in [-0.1, -0.05) is 0 Å². The van der Waals surface area contributed by atoms with Crippen LogP contribution >= 0.6 is 11.8 Å². The van der Waals surface area contributed by atoms with E-state index in [0.717, 1.165) is 17.8 Å². The summed E-state index contributed by atoms with van der Waals surface area (Å²) in [7, 11) is 0. The van der Waals surface area contributed by atoms with Crippen molar-refractivity contribution in [2.75, 3.05) is 12.9 Å². The third-order valence-electron chi connectivity index (χ3n) is 6.13. The quantitative estimate of drug-likeness (QED) is 0.793. The highest BCUT2D eigenvalue weighted by molar-refractivity contribution is 7.99. The third-order valence-corrected chi connectivity index (χ3v) is 7.29. The minimum absolute atomic E-state index is 0.0476. The zero-order valence-electron chi connectivity index (χ0n) is 13.3. The topological polar surface area (TPSA) is 49.3 Å². The molecule has 4 bridgehead atoms. The van der Waals surface area contributed by atoms with Crippen LogP contribution in [-0.4, -0.2) is 35.2 Å². The van der Waals surface area contributed by atoms with E-state index in [9.17, 15) is 9.90 Å². The minimum Gasteiger partial charge on any atom is -0.395 e. The van der Waals surface area contributed by atoms with E-state index in [4.69, 9.17) is 0 Å². The molecule has 2 unspecified atom stereocenters. The molecule has 0 aromatic rings. The lowest BCUT2D eigenvalue weighted by molar-refractivity contribution is -0.130. The number of hydrogen-bond donors (Lipinski definition) is 2. The van der Waals surface area contributed by atoms with Gasteiger partial charge in [0.1, 0.15) is 0 Å². The van der Waals surface area contributed by atoms with Crippen molar-refractivity contribution in [1.82, 2.24) is 5.32 Å². The van der Waals surface area contributed by atoms with Crippen LogP contribution in [0.15, 0.2) is 0 Å². The Morgan fingerprint density at radius 2 is 1.76 bits per heavy atom. The number of aliphatic hydroxyl groups is 1. The van der Waals surface area contributed by atoms with Gasteiger partial charge in [0.15, 0.2) is 0 Å². The number of amides is 1. The van der Waals surface area contributed by atoms with Crippen molar-refractivity contribution >= 4 is 17.7 Å². The Morgan fingerprint density at radius 3 is 2.19 bits per heavy atom. The fourth-order valence-electron chi connectivity index (χ4n) is 5.68. The molecule has 21 heavy (non-hydrogen) atoms. The van der Waals surface area contributed by atoms with Crippen molar-refractivity contribution in [3.63, 3.8) is 0 Å². The fraction of sp³-hybridized carbons (Fsp3) is 0.941. The number of carbonyl (C=O) groups excluding carboxylic acids is 1. The number of aliphatic hydroxyl groups excluding tert-OH is 1. The molecule has 0 spiro atoms. The average molecular weight is 311 g/mol. The maximum absolute atomic E-state index is 12.5. The molecule has 4 heteroatoms. The second-order valence-electron chi connectivity index (χ2n) is 7.91. The summed E-state index contributed by atoms with van der Waals surface area (Å²) < 4.78 is 0. The van der Waals surface area contributed by atoms with Crippen LogP contribution in [0.25, 0.3) is 0 Å². The van der Waals surface area contributed by atoms with Gasteiger partial charge in [-0.2, -0.15) is 11.8 Å². The summed E-state index contributed by atoms with van der Waals surface area (Å²) in [6, 6.07) is 0.0476. The van der Waals surface area contributed by atoms with E-state index in [1.807, 2.05) is 13.2 Å². The maximum Gasteiger partial charge on any atom is 0.220 e. The van der Waals surface area contributed by atoms with E-state index in [0.29, 0.717) is 11.8 Å². The Balaban J connectivity index is 1.57. The van der Waals surface area contributed by atoms with Crippen molar-refractivity contribution in [2.24, 2.45) is 23.2 Å². The van der Waals surface area contributed by atoms with Crippen LogP contribution in [-0.2, 0) is 4.79 Å². The highest BCUT2D eigenvalue weighted by Gasteiger charge is 2.51. The first kappa shape index (κ1) is 15.7. The summed E-state index contributed by atoms with van der Waals surface area (Å²) in [5, 5.41) is 12.6. The molecule has 0 aromatic heterocycles. The molecule has 4 aliphatic carbocycles. The highest BCUT2D eigenvalue weighted by atomic mass is 32.2. The smallest absolute Gasteiger partial charge is 0.220 e. The van der Waals surface area contributed by atoms with Crippen LogP contribution < -0.4 is 5.32 Å². The van der Waals surface area contributed by atoms with Crippen LogP contribution in [0, 0.1) is 23.2 Å². The summed E-state index contributed by atoms with van der Waals surface area (Å²) in [6.07, 6.45) is 10.8. The third kappa shape index (κ3) is 3.26. The van der Waals surface area contributed by atoms with Crippen LogP contribution in [0.5, 0.6) is 0 Å². The lowest BCUT2D eigenvalue weighted by atomic mass is 9.49. The zero-order valence-corrected chi connectivity index (χ0v) is 14.1. The normalized spacial score (nSPS) is 40.0. The molecule has 2 atom stereocenters. The first-order chi connectivity index (χ1) is 10.0. The molecule has 4 fully saturated rings. The number of nitrogens with one attached hydrogen (secondary N) is 1. The van der Waals surface area contributed by atoms with E-state index in [1.54, 1.807) is 11.8 Å². The largest absolute Gasteiger partial charge is 0.395 e. The van der Waals surface area contributed by atoms with Crippen LogP contribution in [0.2, 0.25) is 0 Å². The molecule has 0 aliphatic heterocycles. The first-order valence-corrected chi connectivity index (χ1v) is 9.75. The van der Waals surface area contributed by atoms with Crippen LogP contribution in [0.1, 0.15) is 51.9 Å². The Hall–Kier alpha value is -0.220. The van der Waals surface area contributed by atoms with Gasteiger partial charge in [0.25, 0.3) is 0 Å². The number of carbonyl (C=O) groups is 1. The monoisotopic (exact) mass is 311 g/mol. The molecular formula is C17H29NO2S. The van der Waals surface area contributed by atoms with Gasteiger partial charge in [-0.25, -0.2) is 0 Å². The fourth-order valence-corrected chi connectivity index (χ4v) is 6.31. The van der Waals surface area contributed by atoms with Gasteiger partial charge in [-0.3, -0.25) is 4.79 Å². The van der Waals surface area contributed by atoms with Gasteiger partial charge in [0, 0.05) is 17.7 Å². The van der Waals surface area contributed by atoms with Crippen LogP contribution in [0.4, 0.5) is 0 Å². The molecule has 4 aliphatic rings. The lowest BCUT2D eigenvalue weighted by Gasteiger charge is -2.56. The summed E-state index contributed by atoms with van der Waals surface area (Å²) >= 11 is 1.63. The van der Waals surface area contributed by atoms with Crippen molar-refractivity contribution in [3.8, 4) is 0 Å². The van der Waals surface area contributed by atoms with E-state index >= 15 is 0 Å². The molecule has 0 heterocycles. The van der Waals surface area contributed by atoms with Gasteiger partial charge in [0.05, 0.1) is 6.61 Å². The maximum atomic E-state index is 12.5. The summed E-state index contributed by atoms with van der Waals surface area (Å²) in [5.74, 6) is 2.91. The van der Waals surface area contributed by atoms with Gasteiger partial charge in [-0.15, -0.1) is 0 Å². The first-order valence-electron chi connectivity index (χ1n) is 8.46. The molecule has 3 nitrogen and oxygen atoms in total. The van der Waals surface area contributed by atoms with Crippen molar-refractivity contribution in [3.05, 3.63) is 0 Å². The molecular weight excluding hydrogens is 282 g/mol. The van der Waals surface area contributed by atoms with E-state index in [-0.39, 0.29) is 23.8 Å². The summed E-state index contributed by atoms with van der Waals surface area (Å²) in [4.78, 5) is 12.5. The molecule has 0 saturated heterocycles. The predicted octanol–water partition coefficient (Wildman–Crippen LogP) is 2.82. The molecule has 120 valence electrons. The zero-order chi connectivity index (χ0) is 15.0. The predicted molar refractivity (Wildman–Crippen MR) is 87.2 cm³/mol. The Labute approximate surface area is 132 Å². The van der Waals surface area contributed by atoms with Crippen molar-refractivity contribution < 1.29 is 9.90 Å². The average Bonchev–Trinajstić information content (AvgIpc) is 2.37. The van der Waals surface area contributed by atoms with Gasteiger partial charge < -0.3 is 10.4 Å². The second kappa shape index (κ2) is 6.11. The Bertz CT molecular complexity index is 359. The molecule has 4 rings (SSSR count). The van der Waals surface area contributed by atoms with E-state index in [2.05, 4.69) is 5.32 Å². The molecule has 0 aromatic carbocycles. The number of hydrogen-bond acceptors (Lipinski definition) is 3. The SMILES string of the molecule is CSC(CO)C(C)NC(=O)CC12CC3CC(CC(C3)C1)C2. The van der Waals surface area contributed by atoms with Crippen LogP contribution in [0.3, 0.4) is 0 Å². The van der Waals surface area contributed by atoms with Gasteiger partial charge in [-0.05, 0) is 74.9 Å². The molecule has 2 N–H and O–H groups in total. The Kier molecular flexibility index (Phi) is 4.56. The second-order valence-corrected chi connectivity index (χ2v) is 8.98. The summed E-state index contributed by atoms with van der Waals surface area (Å²) in [6.45, 7) is 2.13. The molecule has 4 saturated carbocycles. The van der Waals surface area contributed by atoms with Crippen molar-refractivity contribution in [2.45, 2.75) is 63.2 Å². The standard InChI is InChI=1S/C17H29NO2S/c1-11(15(10-19)21-2)18-16(20)9-17-6-12-3-13(7-17)5-14(4-12)8-17/h11-15,19H,3-10H2,1-2H3,(H,18,20).